The Morgan fingerprint density at radius 2 is 1.54 bits per heavy atom. The number of ketones is 1. The standard InChI is InChI=1S/C19H19Cl2NO3S/c1-13-5-7-14(8-6-13)18(23)15-9-11-22(12-10-15)26(24,25)19-16(20)3-2-4-17(19)21/h2-8,15H,9-12H2,1H3. The molecule has 7 heteroatoms. The Labute approximate surface area is 163 Å². The maximum atomic E-state index is 12.9. The minimum Gasteiger partial charge on any atom is -0.294 e. The SMILES string of the molecule is Cc1ccc(C(=O)C2CCN(S(=O)(=O)c3c(Cl)cccc3Cl)CC2)cc1. The molecule has 0 spiro atoms. The number of carbonyl (C=O) groups is 1. The fourth-order valence-electron chi connectivity index (χ4n) is 3.17. The van der Waals surface area contributed by atoms with Gasteiger partial charge in [0.15, 0.2) is 5.78 Å². The largest absolute Gasteiger partial charge is 0.294 e. The molecule has 0 aliphatic carbocycles. The molecule has 0 amide bonds. The molecule has 0 aromatic heterocycles. The number of hydrogen-bond donors (Lipinski definition) is 0. The van der Waals surface area contributed by atoms with E-state index in [1.165, 1.54) is 16.4 Å². The van der Waals surface area contributed by atoms with Gasteiger partial charge in [-0.05, 0) is 31.9 Å². The van der Waals surface area contributed by atoms with Crippen LogP contribution >= 0.6 is 23.2 Å². The summed E-state index contributed by atoms with van der Waals surface area (Å²) in [6.45, 7) is 2.51. The van der Waals surface area contributed by atoms with Crippen molar-refractivity contribution in [3.63, 3.8) is 0 Å². The number of aryl methyl sites for hydroxylation is 1. The fraction of sp³-hybridized carbons (Fsp3) is 0.316. The first kappa shape index (κ1) is 19.4. The van der Waals surface area contributed by atoms with Gasteiger partial charge in [0.1, 0.15) is 4.90 Å². The van der Waals surface area contributed by atoms with E-state index in [0.717, 1.165) is 5.56 Å². The van der Waals surface area contributed by atoms with Gasteiger partial charge in [-0.1, -0.05) is 59.1 Å². The van der Waals surface area contributed by atoms with Crippen LogP contribution in [0.4, 0.5) is 0 Å². The van der Waals surface area contributed by atoms with E-state index in [1.807, 2.05) is 31.2 Å². The molecule has 3 rings (SSSR count). The Bertz CT molecular complexity index is 898. The third-order valence-corrected chi connectivity index (χ3v) is 7.53. The summed E-state index contributed by atoms with van der Waals surface area (Å²) >= 11 is 12.1. The molecule has 0 bridgehead atoms. The van der Waals surface area contributed by atoms with Crippen LogP contribution in [0.2, 0.25) is 10.0 Å². The molecule has 1 saturated heterocycles. The summed E-state index contributed by atoms with van der Waals surface area (Å²) in [5.41, 5.74) is 1.77. The second-order valence-electron chi connectivity index (χ2n) is 6.46. The van der Waals surface area contributed by atoms with Gasteiger partial charge in [0.25, 0.3) is 0 Å². The highest BCUT2D eigenvalue weighted by Crippen LogP contribution is 2.33. The van der Waals surface area contributed by atoms with Gasteiger partial charge in [-0.2, -0.15) is 4.31 Å². The average Bonchev–Trinajstić information content (AvgIpc) is 2.61. The summed E-state index contributed by atoms with van der Waals surface area (Å²) in [5.74, 6) is -0.108. The number of rotatable bonds is 4. The number of nitrogens with zero attached hydrogens (tertiary/aromatic N) is 1. The average molecular weight is 412 g/mol. The molecule has 26 heavy (non-hydrogen) atoms. The zero-order valence-electron chi connectivity index (χ0n) is 14.3. The maximum absolute atomic E-state index is 12.9. The van der Waals surface area contributed by atoms with Crippen molar-refractivity contribution < 1.29 is 13.2 Å². The van der Waals surface area contributed by atoms with E-state index >= 15 is 0 Å². The van der Waals surface area contributed by atoms with Crippen LogP contribution in [0.15, 0.2) is 47.4 Å². The van der Waals surface area contributed by atoms with Gasteiger partial charge in [-0.15, -0.1) is 0 Å². The molecule has 4 nitrogen and oxygen atoms in total. The molecule has 138 valence electrons. The van der Waals surface area contributed by atoms with Crippen molar-refractivity contribution >= 4 is 39.0 Å². The predicted molar refractivity (Wildman–Crippen MR) is 103 cm³/mol. The molecular formula is C19H19Cl2NO3S. The Morgan fingerprint density at radius 3 is 2.08 bits per heavy atom. The van der Waals surface area contributed by atoms with Crippen molar-refractivity contribution in [2.24, 2.45) is 5.92 Å². The number of sulfonamides is 1. The van der Waals surface area contributed by atoms with Crippen LogP contribution in [0.25, 0.3) is 0 Å². The first-order valence-corrected chi connectivity index (χ1v) is 10.6. The van der Waals surface area contributed by atoms with Crippen molar-refractivity contribution in [1.82, 2.24) is 4.31 Å². The molecule has 2 aromatic carbocycles. The van der Waals surface area contributed by atoms with E-state index in [1.54, 1.807) is 6.07 Å². The quantitative estimate of drug-likeness (QED) is 0.691. The van der Waals surface area contributed by atoms with E-state index in [4.69, 9.17) is 23.2 Å². The van der Waals surface area contributed by atoms with Gasteiger partial charge in [0.05, 0.1) is 10.0 Å². The number of benzene rings is 2. The lowest BCUT2D eigenvalue weighted by Gasteiger charge is -2.31. The first-order valence-electron chi connectivity index (χ1n) is 8.36. The third kappa shape index (κ3) is 3.81. The van der Waals surface area contributed by atoms with Crippen molar-refractivity contribution in [1.29, 1.82) is 0 Å². The Morgan fingerprint density at radius 1 is 1.00 bits per heavy atom. The molecular weight excluding hydrogens is 393 g/mol. The molecule has 1 fully saturated rings. The summed E-state index contributed by atoms with van der Waals surface area (Å²) in [7, 11) is -3.78. The Kier molecular flexibility index (Phi) is 5.72. The molecule has 0 unspecified atom stereocenters. The van der Waals surface area contributed by atoms with Gasteiger partial charge in [0, 0.05) is 24.6 Å². The van der Waals surface area contributed by atoms with Crippen molar-refractivity contribution in [3.05, 3.63) is 63.6 Å². The van der Waals surface area contributed by atoms with Gasteiger partial charge in [-0.25, -0.2) is 8.42 Å². The van der Waals surface area contributed by atoms with Gasteiger partial charge >= 0.3 is 0 Å². The van der Waals surface area contributed by atoms with Gasteiger partial charge in [0.2, 0.25) is 10.0 Å². The molecule has 1 aliphatic heterocycles. The number of hydrogen-bond acceptors (Lipinski definition) is 3. The van der Waals surface area contributed by atoms with Crippen LogP contribution in [0.3, 0.4) is 0 Å². The Balaban J connectivity index is 1.74. The smallest absolute Gasteiger partial charge is 0.246 e. The number of halogens is 2. The predicted octanol–water partition coefficient (Wildman–Crippen LogP) is 4.59. The highest BCUT2D eigenvalue weighted by atomic mass is 35.5. The minimum absolute atomic E-state index is 0.0633. The second kappa shape index (κ2) is 7.69. The monoisotopic (exact) mass is 411 g/mol. The van der Waals surface area contributed by atoms with Gasteiger partial charge in [-0.3, -0.25) is 4.79 Å². The molecule has 0 atom stereocenters. The van der Waals surface area contributed by atoms with Crippen LogP contribution in [0.1, 0.15) is 28.8 Å². The lowest BCUT2D eigenvalue weighted by atomic mass is 9.89. The molecule has 2 aromatic rings. The lowest BCUT2D eigenvalue weighted by Crippen LogP contribution is -2.40. The van der Waals surface area contributed by atoms with Crippen LogP contribution in [-0.4, -0.2) is 31.6 Å². The maximum Gasteiger partial charge on any atom is 0.246 e. The van der Waals surface area contributed by atoms with Crippen molar-refractivity contribution in [2.75, 3.05) is 13.1 Å². The van der Waals surface area contributed by atoms with E-state index in [0.29, 0.717) is 18.4 Å². The van der Waals surface area contributed by atoms with Crippen LogP contribution in [0, 0.1) is 12.8 Å². The van der Waals surface area contributed by atoms with Gasteiger partial charge < -0.3 is 0 Å². The highest BCUT2D eigenvalue weighted by molar-refractivity contribution is 7.89. The summed E-state index contributed by atoms with van der Waals surface area (Å²) in [5, 5.41) is 0.214. The van der Waals surface area contributed by atoms with Crippen molar-refractivity contribution in [3.8, 4) is 0 Å². The summed E-state index contributed by atoms with van der Waals surface area (Å²) in [6.07, 6.45) is 0.960. The fourth-order valence-corrected chi connectivity index (χ4v) is 5.73. The van der Waals surface area contributed by atoms with E-state index in [2.05, 4.69) is 0 Å². The molecule has 1 aliphatic rings. The zero-order chi connectivity index (χ0) is 18.9. The summed E-state index contributed by atoms with van der Waals surface area (Å²) in [6, 6.07) is 12.1. The van der Waals surface area contributed by atoms with E-state index in [9.17, 15) is 13.2 Å². The van der Waals surface area contributed by atoms with Crippen molar-refractivity contribution in [2.45, 2.75) is 24.7 Å². The number of Topliss-reactive ketones (excluding diaryl/α,β-unsaturated/α-hetero) is 1. The second-order valence-corrected chi connectivity index (χ2v) is 9.15. The lowest BCUT2D eigenvalue weighted by molar-refractivity contribution is 0.0875. The molecule has 0 N–H and O–H groups in total. The number of carbonyl (C=O) groups excluding carboxylic acids is 1. The number of piperidine rings is 1. The third-order valence-electron chi connectivity index (χ3n) is 4.68. The van der Waals surface area contributed by atoms with Crippen LogP contribution in [0.5, 0.6) is 0 Å². The molecule has 0 saturated carbocycles. The first-order chi connectivity index (χ1) is 12.3. The van der Waals surface area contributed by atoms with E-state index in [-0.39, 0.29) is 39.7 Å². The van der Waals surface area contributed by atoms with E-state index < -0.39 is 10.0 Å². The minimum atomic E-state index is -3.78. The normalized spacial score (nSPS) is 16.6. The van der Waals surface area contributed by atoms with Crippen LogP contribution < -0.4 is 0 Å². The Hall–Kier alpha value is -1.40. The molecule has 1 heterocycles. The zero-order valence-corrected chi connectivity index (χ0v) is 16.6. The summed E-state index contributed by atoms with van der Waals surface area (Å²) in [4.78, 5) is 12.6. The highest BCUT2D eigenvalue weighted by Gasteiger charge is 2.34. The topological polar surface area (TPSA) is 54.5 Å². The molecule has 0 radical (unpaired) electrons. The van der Waals surface area contributed by atoms with Crippen LogP contribution in [-0.2, 0) is 10.0 Å². The summed E-state index contributed by atoms with van der Waals surface area (Å²) < 4.78 is 27.1.